The maximum absolute atomic E-state index is 13.6. The van der Waals surface area contributed by atoms with E-state index >= 15 is 0 Å². The fraction of sp³-hybridized carbons (Fsp3) is 0.133. The average Bonchev–Trinajstić information content (AvgIpc) is 2.46. The Bertz CT molecular complexity index is 702. The molecule has 122 valence electrons. The lowest BCUT2D eigenvalue weighted by Gasteiger charge is -2.30. The van der Waals surface area contributed by atoms with Crippen molar-refractivity contribution in [2.45, 2.75) is 11.1 Å². The molecule has 23 heavy (non-hydrogen) atoms. The molecule has 2 aromatic carbocycles. The molecule has 3 nitrogen and oxygen atoms in total. The summed E-state index contributed by atoms with van der Waals surface area (Å²) in [6, 6.07) is 9.71. The van der Waals surface area contributed by atoms with Crippen LogP contribution in [0.25, 0.3) is 0 Å². The van der Waals surface area contributed by atoms with Gasteiger partial charge in [-0.25, -0.2) is 4.79 Å². The predicted octanol–water partition coefficient (Wildman–Crippen LogP) is 5.47. The summed E-state index contributed by atoms with van der Waals surface area (Å²) >= 11 is 11.7. The van der Waals surface area contributed by atoms with Crippen molar-refractivity contribution >= 4 is 35.0 Å². The van der Waals surface area contributed by atoms with Crippen LogP contribution in [0.5, 0.6) is 0 Å². The Hall–Kier alpha value is -1.92. The number of rotatable bonds is 3. The molecular formula is C15H10Cl2F3NO2. The van der Waals surface area contributed by atoms with Crippen molar-refractivity contribution in [2.24, 2.45) is 0 Å². The van der Waals surface area contributed by atoms with Crippen LogP contribution in [-0.2, 0) is 4.87 Å². The first-order valence-electron chi connectivity index (χ1n) is 6.27. The second-order valence-corrected chi connectivity index (χ2v) is 5.67. The Morgan fingerprint density at radius 1 is 0.957 bits per heavy atom. The van der Waals surface area contributed by atoms with Crippen molar-refractivity contribution < 1.29 is 23.1 Å². The number of nitrogens with one attached hydrogen (secondary N) is 1. The zero-order chi connectivity index (χ0) is 17.3. The molecule has 0 radical (unpaired) electrons. The van der Waals surface area contributed by atoms with Crippen LogP contribution in [0.4, 0.5) is 23.7 Å². The molecule has 0 aliphatic carbocycles. The third-order valence-corrected chi connectivity index (χ3v) is 4.07. The molecule has 1 unspecified atom stereocenters. The number of benzene rings is 2. The Morgan fingerprint density at radius 2 is 1.39 bits per heavy atom. The van der Waals surface area contributed by atoms with Gasteiger partial charge in [-0.05, 0) is 35.4 Å². The van der Waals surface area contributed by atoms with E-state index in [-0.39, 0.29) is 21.8 Å². The molecule has 0 saturated heterocycles. The minimum Gasteiger partial charge on any atom is -0.465 e. The smallest absolute Gasteiger partial charge is 0.415 e. The predicted molar refractivity (Wildman–Crippen MR) is 82.2 cm³/mol. The summed E-state index contributed by atoms with van der Waals surface area (Å²) in [6.07, 6.45) is -6.09. The van der Waals surface area contributed by atoms with Gasteiger partial charge >= 0.3 is 12.3 Å². The van der Waals surface area contributed by atoms with Gasteiger partial charge in [-0.1, -0.05) is 47.5 Å². The van der Waals surface area contributed by atoms with Crippen molar-refractivity contribution in [3.8, 4) is 0 Å². The highest BCUT2D eigenvalue weighted by Gasteiger charge is 2.56. The number of halogens is 5. The van der Waals surface area contributed by atoms with Crippen LogP contribution >= 0.6 is 23.2 Å². The second kappa shape index (κ2) is 6.29. The molecule has 1 atom stereocenters. The largest absolute Gasteiger partial charge is 0.465 e. The van der Waals surface area contributed by atoms with E-state index in [9.17, 15) is 18.0 Å². The average molecular weight is 364 g/mol. The van der Waals surface area contributed by atoms with Crippen LogP contribution in [0.3, 0.4) is 0 Å². The molecule has 0 fully saturated rings. The zero-order valence-electron chi connectivity index (χ0n) is 11.4. The van der Waals surface area contributed by atoms with Crippen LogP contribution in [0.15, 0.2) is 48.5 Å². The molecule has 0 aliphatic rings. The molecule has 0 spiro atoms. The van der Waals surface area contributed by atoms with Crippen molar-refractivity contribution in [1.29, 1.82) is 0 Å². The molecule has 1 amide bonds. The van der Waals surface area contributed by atoms with Crippen molar-refractivity contribution in [3.63, 3.8) is 0 Å². The molecule has 2 N–H and O–H groups in total. The standard InChI is InChI=1S/C15H10Cl2F3NO2/c16-11-5-1-9(2-6-11)14(17,15(18,19)20)10-3-7-12(8-4-10)21-13(22)23/h1-8,21H,(H,22,23). The number of alkyl halides is 4. The Balaban J connectivity index is 2.51. The normalized spacial score (nSPS) is 14.1. The van der Waals surface area contributed by atoms with Gasteiger partial charge in [-0.15, -0.1) is 0 Å². The Labute approximate surface area is 139 Å². The Morgan fingerprint density at radius 3 is 1.78 bits per heavy atom. The van der Waals surface area contributed by atoms with Crippen LogP contribution in [-0.4, -0.2) is 17.4 Å². The SMILES string of the molecule is O=C(O)Nc1ccc(C(Cl)(c2ccc(Cl)cc2)C(F)(F)F)cc1. The molecule has 2 rings (SSSR count). The van der Waals surface area contributed by atoms with Crippen LogP contribution in [0, 0.1) is 0 Å². The zero-order valence-corrected chi connectivity index (χ0v) is 12.9. The first-order valence-corrected chi connectivity index (χ1v) is 7.02. The summed E-state index contributed by atoms with van der Waals surface area (Å²) < 4.78 is 40.8. The molecule has 0 aromatic heterocycles. The third kappa shape index (κ3) is 3.54. The summed E-state index contributed by atoms with van der Waals surface area (Å²) in [4.78, 5) is 7.77. The fourth-order valence-electron chi connectivity index (χ4n) is 2.08. The lowest BCUT2D eigenvalue weighted by molar-refractivity contribution is -0.154. The maximum Gasteiger partial charge on any atom is 0.415 e. The molecule has 2 aromatic rings. The lowest BCUT2D eigenvalue weighted by atomic mass is 9.89. The molecular weight excluding hydrogens is 354 g/mol. The summed E-state index contributed by atoms with van der Waals surface area (Å²) in [5, 5.41) is 10.9. The summed E-state index contributed by atoms with van der Waals surface area (Å²) in [5.41, 5.74) is -0.279. The van der Waals surface area contributed by atoms with E-state index in [1.54, 1.807) is 0 Å². The van der Waals surface area contributed by atoms with Gasteiger partial charge in [0.05, 0.1) is 0 Å². The number of hydrogen-bond acceptors (Lipinski definition) is 1. The number of hydrogen-bond donors (Lipinski definition) is 2. The number of carboxylic acid groups (broad SMARTS) is 1. The van der Waals surface area contributed by atoms with Gasteiger partial charge in [0, 0.05) is 10.7 Å². The monoisotopic (exact) mass is 363 g/mol. The van der Waals surface area contributed by atoms with E-state index in [4.69, 9.17) is 28.3 Å². The summed E-state index contributed by atoms with van der Waals surface area (Å²) in [6.45, 7) is 0. The van der Waals surface area contributed by atoms with E-state index < -0.39 is 17.1 Å². The first-order chi connectivity index (χ1) is 10.6. The van der Waals surface area contributed by atoms with Gasteiger partial charge in [0.1, 0.15) is 0 Å². The van der Waals surface area contributed by atoms with E-state index in [2.05, 4.69) is 0 Å². The van der Waals surface area contributed by atoms with E-state index in [1.165, 1.54) is 36.4 Å². The van der Waals surface area contributed by atoms with Gasteiger partial charge in [-0.3, -0.25) is 5.32 Å². The first kappa shape index (κ1) is 17.4. The van der Waals surface area contributed by atoms with Gasteiger partial charge in [0.25, 0.3) is 0 Å². The highest BCUT2D eigenvalue weighted by atomic mass is 35.5. The molecule has 0 bridgehead atoms. The van der Waals surface area contributed by atoms with Gasteiger partial charge in [0.2, 0.25) is 0 Å². The lowest BCUT2D eigenvalue weighted by Crippen LogP contribution is -2.38. The van der Waals surface area contributed by atoms with Crippen LogP contribution < -0.4 is 5.32 Å². The van der Waals surface area contributed by atoms with Crippen molar-refractivity contribution in [2.75, 3.05) is 5.32 Å². The molecule has 8 heteroatoms. The molecule has 0 heterocycles. The number of amides is 1. The molecule has 0 saturated carbocycles. The topological polar surface area (TPSA) is 49.3 Å². The van der Waals surface area contributed by atoms with Crippen molar-refractivity contribution in [1.82, 2.24) is 0 Å². The number of anilines is 1. The van der Waals surface area contributed by atoms with Gasteiger partial charge < -0.3 is 5.11 Å². The van der Waals surface area contributed by atoms with Gasteiger partial charge in [-0.2, -0.15) is 13.2 Å². The summed E-state index contributed by atoms with van der Waals surface area (Å²) in [7, 11) is 0. The van der Waals surface area contributed by atoms with Crippen LogP contribution in [0.2, 0.25) is 5.02 Å². The quantitative estimate of drug-likeness (QED) is 0.709. The third-order valence-electron chi connectivity index (χ3n) is 3.17. The highest BCUT2D eigenvalue weighted by Crippen LogP contribution is 2.49. The minimum atomic E-state index is -4.77. The van der Waals surface area contributed by atoms with Gasteiger partial charge in [0.15, 0.2) is 4.87 Å². The number of carbonyl (C=O) groups is 1. The minimum absolute atomic E-state index is 0.138. The fourth-order valence-corrected chi connectivity index (χ4v) is 2.46. The highest BCUT2D eigenvalue weighted by molar-refractivity contribution is 6.30. The van der Waals surface area contributed by atoms with E-state index in [1.807, 2.05) is 5.32 Å². The van der Waals surface area contributed by atoms with E-state index in [0.29, 0.717) is 0 Å². The van der Waals surface area contributed by atoms with Crippen molar-refractivity contribution in [3.05, 3.63) is 64.7 Å². The van der Waals surface area contributed by atoms with Crippen LogP contribution in [0.1, 0.15) is 11.1 Å². The summed E-state index contributed by atoms with van der Waals surface area (Å²) in [5.74, 6) is 0. The molecule has 0 aliphatic heterocycles. The maximum atomic E-state index is 13.6. The Kier molecular flexibility index (Phi) is 4.77. The second-order valence-electron chi connectivity index (χ2n) is 4.67. The van der Waals surface area contributed by atoms with E-state index in [0.717, 1.165) is 12.1 Å².